The number of hydrogen-bond donors (Lipinski definition) is 1. The summed E-state index contributed by atoms with van der Waals surface area (Å²) in [5.41, 5.74) is 0. The first-order chi connectivity index (χ1) is 12.1. The van der Waals surface area contributed by atoms with Crippen LogP contribution in [0.15, 0.2) is 57.7 Å². The van der Waals surface area contributed by atoms with Crippen molar-refractivity contribution in [2.75, 3.05) is 16.8 Å². The highest BCUT2D eigenvalue weighted by Gasteiger charge is 2.20. The van der Waals surface area contributed by atoms with Gasteiger partial charge in [0.15, 0.2) is 5.76 Å². The number of pyridine rings is 1. The second-order valence-corrected chi connectivity index (χ2v) is 6.98. The molecule has 2 amide bonds. The molecule has 0 atom stereocenters. The molecule has 1 N–H and O–H groups in total. The Hall–Kier alpha value is -2.45. The van der Waals surface area contributed by atoms with Crippen molar-refractivity contribution < 1.29 is 14.0 Å². The first kappa shape index (κ1) is 17.4. The van der Waals surface area contributed by atoms with Gasteiger partial charge in [-0.15, -0.1) is 11.3 Å². The summed E-state index contributed by atoms with van der Waals surface area (Å²) in [5, 5.41) is 3.29. The van der Waals surface area contributed by atoms with E-state index in [0.717, 1.165) is 4.47 Å². The lowest BCUT2D eigenvalue weighted by atomic mass is 10.3. The van der Waals surface area contributed by atoms with Gasteiger partial charge in [-0.05, 0) is 59.3 Å². The predicted octanol–water partition coefficient (Wildman–Crippen LogP) is 4.42. The van der Waals surface area contributed by atoms with Crippen LogP contribution in [0.5, 0.6) is 0 Å². The van der Waals surface area contributed by atoms with Gasteiger partial charge in [0.05, 0.1) is 16.1 Å². The molecule has 0 aromatic carbocycles. The highest BCUT2D eigenvalue weighted by molar-refractivity contribution is 9.10. The first-order valence-corrected chi connectivity index (χ1v) is 9.07. The smallest absolute Gasteiger partial charge is 0.291 e. The Morgan fingerprint density at radius 2 is 2.12 bits per heavy atom. The van der Waals surface area contributed by atoms with Crippen LogP contribution in [0.4, 0.5) is 10.8 Å². The van der Waals surface area contributed by atoms with Gasteiger partial charge < -0.3 is 9.73 Å². The van der Waals surface area contributed by atoms with Crippen LogP contribution >= 0.6 is 27.3 Å². The van der Waals surface area contributed by atoms with Gasteiger partial charge >= 0.3 is 0 Å². The van der Waals surface area contributed by atoms with E-state index < -0.39 is 0 Å². The number of hydrogen-bond acceptors (Lipinski definition) is 5. The highest BCUT2D eigenvalue weighted by atomic mass is 79.9. The van der Waals surface area contributed by atoms with Crippen LogP contribution in [0.1, 0.15) is 27.2 Å². The molecule has 0 spiro atoms. The van der Waals surface area contributed by atoms with Crippen LogP contribution in [-0.4, -0.2) is 23.3 Å². The van der Waals surface area contributed by atoms with Crippen molar-refractivity contribution in [3.8, 4) is 0 Å². The Kier molecular flexibility index (Phi) is 5.30. The molecule has 25 heavy (non-hydrogen) atoms. The summed E-state index contributed by atoms with van der Waals surface area (Å²) in [5.74, 6) is 0.273. The third-order valence-electron chi connectivity index (χ3n) is 3.35. The van der Waals surface area contributed by atoms with E-state index in [1.165, 1.54) is 17.6 Å². The third kappa shape index (κ3) is 3.97. The molecule has 3 rings (SSSR count). The molecule has 0 fully saturated rings. The van der Waals surface area contributed by atoms with Crippen LogP contribution in [0.3, 0.4) is 0 Å². The highest BCUT2D eigenvalue weighted by Crippen LogP contribution is 2.26. The van der Waals surface area contributed by atoms with Crippen LogP contribution in [0, 0.1) is 0 Å². The van der Waals surface area contributed by atoms with Gasteiger partial charge in [-0.25, -0.2) is 4.98 Å². The fourth-order valence-electron chi connectivity index (χ4n) is 2.17. The van der Waals surface area contributed by atoms with Crippen LogP contribution in [0.25, 0.3) is 0 Å². The lowest BCUT2D eigenvalue weighted by molar-refractivity contribution is 0.0985. The second-order valence-electron chi connectivity index (χ2n) is 4.98. The Bertz CT molecular complexity index is 875. The number of aromatic nitrogens is 1. The fraction of sp³-hybridized carbons (Fsp3) is 0.118. The van der Waals surface area contributed by atoms with Crippen molar-refractivity contribution in [1.82, 2.24) is 4.98 Å². The number of nitrogens with one attached hydrogen (secondary N) is 1. The molecule has 0 saturated carbocycles. The third-order valence-corrected chi connectivity index (χ3v) is 4.81. The number of nitrogens with zero attached hydrogens (tertiary/aromatic N) is 2. The van der Waals surface area contributed by atoms with Crippen molar-refractivity contribution in [2.45, 2.75) is 6.92 Å². The lowest BCUT2D eigenvalue weighted by Gasteiger charge is -2.18. The first-order valence-electron chi connectivity index (χ1n) is 7.46. The summed E-state index contributed by atoms with van der Waals surface area (Å²) < 4.78 is 5.90. The van der Waals surface area contributed by atoms with Crippen molar-refractivity contribution in [3.63, 3.8) is 0 Å². The van der Waals surface area contributed by atoms with E-state index in [1.807, 2.05) is 13.0 Å². The van der Waals surface area contributed by atoms with Gasteiger partial charge in [-0.3, -0.25) is 14.5 Å². The minimum atomic E-state index is -0.354. The van der Waals surface area contributed by atoms with Gasteiger partial charge in [-0.2, -0.15) is 0 Å². The molecule has 0 aliphatic heterocycles. The number of anilines is 2. The van der Waals surface area contributed by atoms with Gasteiger partial charge in [-0.1, -0.05) is 0 Å². The number of thiophene rings is 1. The topological polar surface area (TPSA) is 75.4 Å². The Balaban J connectivity index is 1.75. The molecule has 0 saturated heterocycles. The maximum absolute atomic E-state index is 12.7. The van der Waals surface area contributed by atoms with E-state index in [-0.39, 0.29) is 17.6 Å². The molecule has 8 heteroatoms. The van der Waals surface area contributed by atoms with Crippen LogP contribution in [-0.2, 0) is 0 Å². The summed E-state index contributed by atoms with van der Waals surface area (Å²) in [7, 11) is 0. The minimum absolute atomic E-state index is 0.166. The monoisotopic (exact) mass is 419 g/mol. The summed E-state index contributed by atoms with van der Waals surface area (Å²) in [4.78, 5) is 31.1. The molecule has 0 bridgehead atoms. The van der Waals surface area contributed by atoms with E-state index >= 15 is 0 Å². The summed E-state index contributed by atoms with van der Waals surface area (Å²) in [6.45, 7) is 2.37. The van der Waals surface area contributed by atoms with E-state index in [9.17, 15) is 9.59 Å². The fourth-order valence-corrected chi connectivity index (χ4v) is 3.26. The molecule has 3 heterocycles. The van der Waals surface area contributed by atoms with Gasteiger partial charge in [0.1, 0.15) is 5.82 Å². The Morgan fingerprint density at radius 1 is 1.28 bits per heavy atom. The zero-order chi connectivity index (χ0) is 17.8. The molecular weight excluding hydrogens is 406 g/mol. The van der Waals surface area contributed by atoms with Crippen LogP contribution < -0.4 is 10.2 Å². The van der Waals surface area contributed by atoms with Crippen molar-refractivity contribution >= 4 is 49.9 Å². The number of carbonyl (C=O) groups excluding carboxylic acids is 2. The van der Waals surface area contributed by atoms with Crippen molar-refractivity contribution in [1.29, 1.82) is 0 Å². The summed E-state index contributed by atoms with van der Waals surface area (Å²) >= 11 is 4.54. The van der Waals surface area contributed by atoms with Crippen molar-refractivity contribution in [3.05, 3.63) is 64.0 Å². The second kappa shape index (κ2) is 7.62. The van der Waals surface area contributed by atoms with E-state index in [1.54, 1.807) is 41.4 Å². The van der Waals surface area contributed by atoms with E-state index in [2.05, 4.69) is 26.2 Å². The number of halogens is 1. The number of amides is 2. The van der Waals surface area contributed by atoms with E-state index in [0.29, 0.717) is 22.2 Å². The van der Waals surface area contributed by atoms with Crippen molar-refractivity contribution in [2.24, 2.45) is 0 Å². The minimum Gasteiger partial charge on any atom is -0.459 e. The van der Waals surface area contributed by atoms with Gasteiger partial charge in [0.25, 0.3) is 11.8 Å². The van der Waals surface area contributed by atoms with Gasteiger partial charge in [0.2, 0.25) is 0 Å². The molecule has 128 valence electrons. The largest absolute Gasteiger partial charge is 0.459 e. The number of furan rings is 1. The normalized spacial score (nSPS) is 10.5. The maximum Gasteiger partial charge on any atom is 0.291 e. The zero-order valence-electron chi connectivity index (χ0n) is 13.2. The Morgan fingerprint density at radius 3 is 2.76 bits per heavy atom. The molecule has 0 aliphatic carbocycles. The average Bonchev–Trinajstić information content (AvgIpc) is 3.28. The quantitative estimate of drug-likeness (QED) is 0.663. The molecule has 0 unspecified atom stereocenters. The molecule has 0 aliphatic rings. The summed E-state index contributed by atoms with van der Waals surface area (Å²) in [6.07, 6.45) is 3.08. The standard InChI is InChI=1S/C17H14BrN3O3S/c1-2-21(14-7-5-11(18)10-19-14)17(23)13-6-8-15(25-13)20-16(22)12-4-3-9-24-12/h3-10H,2H2,1H3,(H,20,22). The Labute approximate surface area is 156 Å². The molecule has 0 radical (unpaired) electrons. The van der Waals surface area contributed by atoms with E-state index in [4.69, 9.17) is 4.42 Å². The van der Waals surface area contributed by atoms with Gasteiger partial charge in [0, 0.05) is 17.2 Å². The SMILES string of the molecule is CCN(C(=O)c1ccc(NC(=O)c2ccco2)s1)c1ccc(Br)cn1. The molecule has 6 nitrogen and oxygen atoms in total. The lowest BCUT2D eigenvalue weighted by Crippen LogP contribution is -2.30. The zero-order valence-corrected chi connectivity index (χ0v) is 15.6. The predicted molar refractivity (Wildman–Crippen MR) is 100 cm³/mol. The molecule has 3 aromatic heterocycles. The number of rotatable bonds is 5. The average molecular weight is 420 g/mol. The molecule has 3 aromatic rings. The number of carbonyl (C=O) groups is 2. The maximum atomic E-state index is 12.7. The van der Waals surface area contributed by atoms with Crippen LogP contribution in [0.2, 0.25) is 0 Å². The molecular formula is C17H14BrN3O3S. The summed E-state index contributed by atoms with van der Waals surface area (Å²) in [6, 6.07) is 10.2.